The first-order valence-electron chi connectivity index (χ1n) is 24.0. The molecule has 0 atom stereocenters. The van der Waals surface area contributed by atoms with E-state index in [1.165, 1.54) is 87.5 Å². The van der Waals surface area contributed by atoms with Gasteiger partial charge in [-0.05, 0) is 124 Å². The molecule has 0 bridgehead atoms. The lowest BCUT2D eigenvalue weighted by atomic mass is 9.67. The highest BCUT2D eigenvalue weighted by atomic mass is 28.3. The SMILES string of the molecule is c1ccc(-c2ccc(N(c3ccc(-c4cccc([Si]5(c6ccccc6)c6ccccc6-c6ccccc65)c4)cc3)c3cccc(C4(c5ccccc5)c5ccccc5-c5ccccc54)c3)cc2)cc1. The maximum Gasteiger partial charge on any atom is 0.180 e. The van der Waals surface area contributed by atoms with Gasteiger partial charge >= 0.3 is 0 Å². The van der Waals surface area contributed by atoms with Crippen LogP contribution in [0.4, 0.5) is 17.1 Å². The van der Waals surface area contributed by atoms with Gasteiger partial charge in [0, 0.05) is 17.1 Å². The third-order valence-corrected chi connectivity index (χ3v) is 19.7. The van der Waals surface area contributed by atoms with Crippen LogP contribution in [0, 0.1) is 0 Å². The molecule has 1 aliphatic heterocycles. The van der Waals surface area contributed by atoms with Crippen LogP contribution in [0.2, 0.25) is 0 Å². The van der Waals surface area contributed by atoms with Crippen molar-refractivity contribution >= 4 is 45.9 Å². The summed E-state index contributed by atoms with van der Waals surface area (Å²) in [5.41, 5.74) is 18.0. The topological polar surface area (TPSA) is 3.24 Å². The first kappa shape index (κ1) is 40.7. The summed E-state index contributed by atoms with van der Waals surface area (Å²) in [5, 5.41) is 5.72. The van der Waals surface area contributed by atoms with Crippen LogP contribution in [-0.4, -0.2) is 8.07 Å². The Morgan fingerprint density at radius 1 is 0.261 bits per heavy atom. The van der Waals surface area contributed by atoms with E-state index in [2.05, 4.69) is 290 Å². The Balaban J connectivity index is 0.955. The molecule has 0 N–H and O–H groups in total. The lowest BCUT2D eigenvalue weighted by molar-refractivity contribution is 0.768. The lowest BCUT2D eigenvalue weighted by Crippen LogP contribution is -2.72. The average Bonchev–Trinajstić information content (AvgIpc) is 3.91. The second kappa shape index (κ2) is 16.6. The molecule has 11 aromatic carbocycles. The van der Waals surface area contributed by atoms with Gasteiger partial charge in [-0.1, -0.05) is 249 Å². The summed E-state index contributed by atoms with van der Waals surface area (Å²) < 4.78 is 0. The molecule has 0 saturated heterocycles. The summed E-state index contributed by atoms with van der Waals surface area (Å²) in [5.74, 6) is 0. The Morgan fingerprint density at radius 3 is 1.28 bits per heavy atom. The minimum atomic E-state index is -2.64. The van der Waals surface area contributed by atoms with E-state index in [9.17, 15) is 0 Å². The Morgan fingerprint density at radius 2 is 0.681 bits per heavy atom. The molecule has 2 heteroatoms. The van der Waals surface area contributed by atoms with Crippen LogP contribution < -0.4 is 25.6 Å². The molecule has 0 fully saturated rings. The molecule has 1 heterocycles. The van der Waals surface area contributed by atoms with Gasteiger partial charge in [-0.2, -0.15) is 0 Å². The lowest BCUT2D eigenvalue weighted by Gasteiger charge is -2.35. The van der Waals surface area contributed by atoms with E-state index < -0.39 is 13.5 Å². The molecule has 69 heavy (non-hydrogen) atoms. The number of hydrogen-bond donors (Lipinski definition) is 0. The van der Waals surface area contributed by atoms with E-state index >= 15 is 0 Å². The van der Waals surface area contributed by atoms with E-state index in [-0.39, 0.29) is 0 Å². The summed E-state index contributed by atoms with van der Waals surface area (Å²) in [6.07, 6.45) is 0. The highest BCUT2D eigenvalue weighted by molar-refractivity contribution is 7.22. The van der Waals surface area contributed by atoms with Crippen molar-refractivity contribution in [1.82, 2.24) is 0 Å². The van der Waals surface area contributed by atoms with Crippen molar-refractivity contribution in [3.8, 4) is 44.5 Å². The predicted molar refractivity (Wildman–Crippen MR) is 292 cm³/mol. The first-order valence-corrected chi connectivity index (χ1v) is 26.0. The summed E-state index contributed by atoms with van der Waals surface area (Å²) in [6.45, 7) is 0. The monoisotopic (exact) mass is 893 g/mol. The number of fused-ring (bicyclic) bond motifs is 6. The maximum atomic E-state index is 2.48. The quantitative estimate of drug-likeness (QED) is 0.131. The Hall–Kier alpha value is -8.56. The van der Waals surface area contributed by atoms with Crippen LogP contribution in [-0.2, 0) is 5.41 Å². The van der Waals surface area contributed by atoms with Crippen molar-refractivity contribution in [1.29, 1.82) is 0 Å². The first-order chi connectivity index (χ1) is 34.2. The van der Waals surface area contributed by atoms with Crippen LogP contribution in [0.5, 0.6) is 0 Å². The third kappa shape index (κ3) is 6.37. The zero-order valence-electron chi connectivity index (χ0n) is 38.1. The van der Waals surface area contributed by atoms with Crippen LogP contribution in [0.15, 0.2) is 285 Å². The second-order valence-electron chi connectivity index (χ2n) is 18.3. The van der Waals surface area contributed by atoms with Gasteiger partial charge in [0.25, 0.3) is 0 Å². The molecule has 0 unspecified atom stereocenters. The van der Waals surface area contributed by atoms with Gasteiger partial charge in [0.15, 0.2) is 8.07 Å². The van der Waals surface area contributed by atoms with Crippen LogP contribution >= 0.6 is 0 Å². The average molecular weight is 894 g/mol. The molecule has 1 nitrogen and oxygen atoms in total. The maximum absolute atomic E-state index is 2.64. The summed E-state index contributed by atoms with van der Waals surface area (Å²) in [6, 6.07) is 106. The standard InChI is InChI=1S/C67H47NSi/c1-4-20-48(21-5-1)49-38-42-54(43-39-49)68(56-26-19-25-53(47-56)67(52-23-6-2-7-24-52)63-34-14-10-30-59(63)60-31-11-15-35-64(60)67)55-44-40-50(41-45-55)51-22-18-29-58(46-51)69(57-27-8-3-9-28-57)65-36-16-12-32-61(65)62-33-13-17-37-66(62)69/h1-47H. The Kier molecular flexibility index (Phi) is 9.81. The van der Waals surface area contributed by atoms with Gasteiger partial charge < -0.3 is 4.90 Å². The van der Waals surface area contributed by atoms with Crippen molar-refractivity contribution in [2.24, 2.45) is 0 Å². The summed E-state index contributed by atoms with van der Waals surface area (Å²) >= 11 is 0. The number of benzene rings is 11. The molecule has 2 aliphatic rings. The molecule has 11 aromatic rings. The summed E-state index contributed by atoms with van der Waals surface area (Å²) in [4.78, 5) is 2.42. The van der Waals surface area contributed by atoms with E-state index in [1.807, 2.05) is 0 Å². The Labute approximate surface area is 405 Å². The molecule has 0 saturated carbocycles. The van der Waals surface area contributed by atoms with Gasteiger partial charge in [-0.3, -0.25) is 0 Å². The van der Waals surface area contributed by atoms with Crippen LogP contribution in [0.3, 0.4) is 0 Å². The number of rotatable bonds is 9. The van der Waals surface area contributed by atoms with Gasteiger partial charge in [0.05, 0.1) is 5.41 Å². The minimum absolute atomic E-state index is 0.511. The Bertz CT molecular complexity index is 3560. The van der Waals surface area contributed by atoms with E-state index in [1.54, 1.807) is 0 Å². The fourth-order valence-corrected chi connectivity index (χ4v) is 17.1. The molecule has 324 valence electrons. The van der Waals surface area contributed by atoms with Gasteiger partial charge in [0.2, 0.25) is 0 Å². The molecule has 1 aliphatic carbocycles. The predicted octanol–water partition coefficient (Wildman–Crippen LogP) is 14.2. The van der Waals surface area contributed by atoms with Crippen molar-refractivity contribution in [2.75, 3.05) is 4.90 Å². The van der Waals surface area contributed by atoms with Gasteiger partial charge in [-0.25, -0.2) is 0 Å². The van der Waals surface area contributed by atoms with Crippen molar-refractivity contribution in [3.63, 3.8) is 0 Å². The van der Waals surface area contributed by atoms with Gasteiger partial charge in [0.1, 0.15) is 0 Å². The van der Waals surface area contributed by atoms with E-state index in [0.717, 1.165) is 17.1 Å². The second-order valence-corrected chi connectivity index (χ2v) is 22.1. The molecular formula is C67H47NSi. The molecule has 0 amide bonds. The molecule has 13 rings (SSSR count). The molecule has 0 aromatic heterocycles. The van der Waals surface area contributed by atoms with Crippen molar-refractivity contribution < 1.29 is 0 Å². The molecule has 0 radical (unpaired) electrons. The minimum Gasteiger partial charge on any atom is -0.310 e. The number of hydrogen-bond acceptors (Lipinski definition) is 1. The molecule has 0 spiro atoms. The van der Waals surface area contributed by atoms with Crippen LogP contribution in [0.1, 0.15) is 22.3 Å². The largest absolute Gasteiger partial charge is 0.310 e. The highest BCUT2D eigenvalue weighted by Crippen LogP contribution is 2.56. The molecular weight excluding hydrogens is 847 g/mol. The van der Waals surface area contributed by atoms with E-state index in [0.29, 0.717) is 0 Å². The summed E-state index contributed by atoms with van der Waals surface area (Å²) in [7, 11) is -2.64. The van der Waals surface area contributed by atoms with Crippen LogP contribution in [0.25, 0.3) is 44.5 Å². The zero-order valence-corrected chi connectivity index (χ0v) is 39.1. The smallest absolute Gasteiger partial charge is 0.180 e. The third-order valence-electron chi connectivity index (χ3n) is 14.8. The zero-order chi connectivity index (χ0) is 45.8. The van der Waals surface area contributed by atoms with Crippen molar-refractivity contribution in [3.05, 3.63) is 307 Å². The van der Waals surface area contributed by atoms with Crippen molar-refractivity contribution in [2.45, 2.75) is 5.41 Å². The fraction of sp³-hybridized carbons (Fsp3) is 0.0149. The van der Waals surface area contributed by atoms with Gasteiger partial charge in [-0.15, -0.1) is 0 Å². The van der Waals surface area contributed by atoms with E-state index in [4.69, 9.17) is 0 Å². The fourth-order valence-electron chi connectivity index (χ4n) is 11.9. The highest BCUT2D eigenvalue weighted by Gasteiger charge is 2.49. The number of anilines is 3. The number of nitrogens with zero attached hydrogens (tertiary/aromatic N) is 1. The normalized spacial score (nSPS) is 13.4.